The number of carbonyl (C=O) groups excluding carboxylic acids is 2. The Labute approximate surface area is 182 Å². The van der Waals surface area contributed by atoms with E-state index in [9.17, 15) is 18.8 Å². The number of rotatable bonds is 6. The summed E-state index contributed by atoms with van der Waals surface area (Å²) in [6.07, 6.45) is 0.910. The quantitative estimate of drug-likeness (QED) is 0.452. The second-order valence-electron chi connectivity index (χ2n) is 7.64. The first-order valence-corrected chi connectivity index (χ1v) is 10.5. The van der Waals surface area contributed by atoms with Crippen molar-refractivity contribution < 1.29 is 18.7 Å². The molecular formula is C21H23FN6O4. The number of fused-ring (bicyclic) bond motifs is 1. The number of hydrogen-bond donors (Lipinski definition) is 1. The molecule has 1 saturated heterocycles. The van der Waals surface area contributed by atoms with Gasteiger partial charge < -0.3 is 14.6 Å². The molecule has 3 heterocycles. The standard InChI is InChI=1S/C21H23FN6O4/c1-2-32-17(30)11-16(29)27-8-6-14(7-9-27)19-23-20-18(21(31)24-19)25-26-28(20)12-13-4-3-5-15(22)10-13/h3-5,10,14H,2,6-9,11-12H2,1H3,(H,23,24,31). The Morgan fingerprint density at radius 3 is 2.78 bits per heavy atom. The maximum absolute atomic E-state index is 13.5. The monoisotopic (exact) mass is 442 g/mol. The maximum Gasteiger partial charge on any atom is 0.315 e. The van der Waals surface area contributed by atoms with Crippen molar-refractivity contribution in [2.45, 2.75) is 38.6 Å². The van der Waals surface area contributed by atoms with Gasteiger partial charge in [0.25, 0.3) is 5.56 Å². The van der Waals surface area contributed by atoms with Gasteiger partial charge in [-0.1, -0.05) is 17.3 Å². The highest BCUT2D eigenvalue weighted by Gasteiger charge is 2.27. The number of benzene rings is 1. The van der Waals surface area contributed by atoms with Crippen molar-refractivity contribution in [1.82, 2.24) is 29.9 Å². The summed E-state index contributed by atoms with van der Waals surface area (Å²) >= 11 is 0. The van der Waals surface area contributed by atoms with Crippen molar-refractivity contribution in [1.29, 1.82) is 0 Å². The second kappa shape index (κ2) is 9.25. The highest BCUT2D eigenvalue weighted by Crippen LogP contribution is 2.26. The van der Waals surface area contributed by atoms with E-state index in [1.165, 1.54) is 16.8 Å². The fourth-order valence-corrected chi connectivity index (χ4v) is 3.84. The van der Waals surface area contributed by atoms with Gasteiger partial charge in [-0.3, -0.25) is 14.4 Å². The minimum absolute atomic E-state index is 0.0590. The normalized spacial score (nSPS) is 14.6. The molecular weight excluding hydrogens is 419 g/mol. The van der Waals surface area contributed by atoms with Gasteiger partial charge in [0.05, 0.1) is 13.2 Å². The van der Waals surface area contributed by atoms with Gasteiger partial charge in [-0.2, -0.15) is 0 Å². The highest BCUT2D eigenvalue weighted by atomic mass is 19.1. The van der Waals surface area contributed by atoms with Crippen LogP contribution in [0.4, 0.5) is 4.39 Å². The molecule has 168 valence electrons. The van der Waals surface area contributed by atoms with Crippen LogP contribution in [0.15, 0.2) is 29.1 Å². The largest absolute Gasteiger partial charge is 0.466 e. The summed E-state index contributed by atoms with van der Waals surface area (Å²) in [5.74, 6) is -0.715. The summed E-state index contributed by atoms with van der Waals surface area (Å²) < 4.78 is 19.8. The number of nitrogens with zero attached hydrogens (tertiary/aromatic N) is 5. The van der Waals surface area contributed by atoms with Crippen molar-refractivity contribution >= 4 is 23.0 Å². The number of esters is 1. The van der Waals surface area contributed by atoms with E-state index in [1.807, 2.05) is 0 Å². The molecule has 32 heavy (non-hydrogen) atoms. The first-order valence-electron chi connectivity index (χ1n) is 10.5. The van der Waals surface area contributed by atoms with Crippen LogP contribution in [0.1, 0.15) is 43.5 Å². The fraction of sp³-hybridized carbons (Fsp3) is 0.429. The van der Waals surface area contributed by atoms with E-state index in [2.05, 4.69) is 20.3 Å². The number of carbonyl (C=O) groups is 2. The van der Waals surface area contributed by atoms with E-state index in [0.29, 0.717) is 43.0 Å². The molecule has 1 aliphatic rings. The van der Waals surface area contributed by atoms with Crippen molar-refractivity contribution in [3.05, 3.63) is 51.8 Å². The molecule has 0 spiro atoms. The van der Waals surface area contributed by atoms with Crippen molar-refractivity contribution in [3.8, 4) is 0 Å². The number of ether oxygens (including phenoxy) is 1. The van der Waals surface area contributed by atoms with E-state index >= 15 is 0 Å². The Hall–Kier alpha value is -3.63. The van der Waals surface area contributed by atoms with Crippen LogP contribution in [0.5, 0.6) is 0 Å². The molecule has 2 aromatic heterocycles. The lowest BCUT2D eigenvalue weighted by molar-refractivity contribution is -0.149. The van der Waals surface area contributed by atoms with Crippen LogP contribution in [0.25, 0.3) is 11.2 Å². The summed E-state index contributed by atoms with van der Waals surface area (Å²) in [6, 6.07) is 6.11. The molecule has 3 aromatic rings. The maximum atomic E-state index is 13.5. The topological polar surface area (TPSA) is 123 Å². The van der Waals surface area contributed by atoms with Gasteiger partial charge in [0, 0.05) is 19.0 Å². The molecule has 0 bridgehead atoms. The van der Waals surface area contributed by atoms with E-state index in [-0.39, 0.29) is 42.7 Å². The zero-order valence-electron chi connectivity index (χ0n) is 17.6. The van der Waals surface area contributed by atoms with Crippen molar-refractivity contribution in [2.75, 3.05) is 19.7 Å². The fourth-order valence-electron chi connectivity index (χ4n) is 3.84. The average Bonchev–Trinajstić information content (AvgIpc) is 3.17. The van der Waals surface area contributed by atoms with Crippen LogP contribution in [-0.2, 0) is 20.9 Å². The van der Waals surface area contributed by atoms with Crippen molar-refractivity contribution in [3.63, 3.8) is 0 Å². The Balaban J connectivity index is 1.49. The Kier molecular flexibility index (Phi) is 6.24. The molecule has 0 unspecified atom stereocenters. The Bertz CT molecular complexity index is 1200. The third-order valence-electron chi connectivity index (χ3n) is 5.45. The molecule has 0 atom stereocenters. The lowest BCUT2D eigenvalue weighted by atomic mass is 9.95. The Morgan fingerprint density at radius 1 is 1.28 bits per heavy atom. The van der Waals surface area contributed by atoms with Gasteiger partial charge in [0.15, 0.2) is 11.2 Å². The first kappa shape index (κ1) is 21.6. The molecule has 1 aromatic carbocycles. The predicted molar refractivity (Wildman–Crippen MR) is 111 cm³/mol. The van der Waals surface area contributed by atoms with Gasteiger partial charge in [0.2, 0.25) is 5.91 Å². The number of likely N-dealkylation sites (tertiary alicyclic amines) is 1. The number of amides is 1. The number of aromatic nitrogens is 5. The summed E-state index contributed by atoms with van der Waals surface area (Å²) in [7, 11) is 0. The molecule has 0 radical (unpaired) electrons. The number of piperidine rings is 1. The van der Waals surface area contributed by atoms with Crippen LogP contribution in [0.3, 0.4) is 0 Å². The summed E-state index contributed by atoms with van der Waals surface area (Å²) in [5.41, 5.74) is 0.728. The summed E-state index contributed by atoms with van der Waals surface area (Å²) in [5, 5.41) is 7.93. The average molecular weight is 442 g/mol. The number of nitrogens with one attached hydrogen (secondary N) is 1. The highest BCUT2D eigenvalue weighted by molar-refractivity contribution is 5.94. The molecule has 11 heteroatoms. The molecule has 1 amide bonds. The molecule has 1 fully saturated rings. The predicted octanol–water partition coefficient (Wildman–Crippen LogP) is 1.36. The zero-order valence-corrected chi connectivity index (χ0v) is 17.6. The molecule has 0 saturated carbocycles. The number of halogens is 1. The van der Waals surface area contributed by atoms with Gasteiger partial charge in [-0.15, -0.1) is 5.10 Å². The third-order valence-corrected chi connectivity index (χ3v) is 5.45. The van der Waals surface area contributed by atoms with Gasteiger partial charge in [-0.05, 0) is 37.5 Å². The number of aromatic amines is 1. The van der Waals surface area contributed by atoms with E-state index < -0.39 is 11.5 Å². The lowest BCUT2D eigenvalue weighted by Gasteiger charge is -2.31. The van der Waals surface area contributed by atoms with E-state index in [0.717, 1.165) is 0 Å². The van der Waals surface area contributed by atoms with Crippen LogP contribution >= 0.6 is 0 Å². The van der Waals surface area contributed by atoms with E-state index in [4.69, 9.17) is 4.74 Å². The SMILES string of the molecule is CCOC(=O)CC(=O)N1CCC(c2nc3c(nnn3Cc3cccc(F)c3)c(=O)[nH]2)CC1. The molecule has 1 aliphatic heterocycles. The van der Waals surface area contributed by atoms with E-state index in [1.54, 1.807) is 24.0 Å². The molecule has 0 aliphatic carbocycles. The lowest BCUT2D eigenvalue weighted by Crippen LogP contribution is -2.39. The minimum Gasteiger partial charge on any atom is -0.466 e. The Morgan fingerprint density at radius 2 is 2.06 bits per heavy atom. The van der Waals surface area contributed by atoms with Crippen LogP contribution in [0, 0.1) is 5.82 Å². The summed E-state index contributed by atoms with van der Waals surface area (Å²) in [6.45, 7) is 3.06. The molecule has 4 rings (SSSR count). The van der Waals surface area contributed by atoms with Crippen LogP contribution in [0.2, 0.25) is 0 Å². The minimum atomic E-state index is -0.532. The van der Waals surface area contributed by atoms with Crippen LogP contribution in [-0.4, -0.2) is 61.4 Å². The third kappa shape index (κ3) is 4.66. The number of H-pyrrole nitrogens is 1. The smallest absolute Gasteiger partial charge is 0.315 e. The van der Waals surface area contributed by atoms with Gasteiger partial charge >= 0.3 is 5.97 Å². The molecule has 1 N–H and O–H groups in total. The second-order valence-corrected chi connectivity index (χ2v) is 7.64. The van der Waals surface area contributed by atoms with Gasteiger partial charge in [0.1, 0.15) is 18.1 Å². The van der Waals surface area contributed by atoms with Crippen molar-refractivity contribution in [2.24, 2.45) is 0 Å². The summed E-state index contributed by atoms with van der Waals surface area (Å²) in [4.78, 5) is 45.3. The zero-order chi connectivity index (χ0) is 22.7. The number of hydrogen-bond acceptors (Lipinski definition) is 7. The molecule has 10 nitrogen and oxygen atoms in total. The first-order chi connectivity index (χ1) is 15.4. The van der Waals surface area contributed by atoms with Gasteiger partial charge in [-0.25, -0.2) is 14.1 Å². The van der Waals surface area contributed by atoms with Crippen LogP contribution < -0.4 is 5.56 Å².